The molecule has 114 valence electrons. The van der Waals surface area contributed by atoms with Crippen LogP contribution in [0.1, 0.15) is 5.69 Å². The number of nitrogen functional groups attached to an aromatic ring is 1. The third-order valence-electron chi connectivity index (χ3n) is 2.40. The molecular weight excluding hydrogens is 331 g/mol. The molecule has 1 heterocycles. The molecule has 5 nitrogen and oxygen atoms in total. The molecule has 2 rings (SSSR count). The highest BCUT2D eigenvalue weighted by Crippen LogP contribution is 2.29. The molecule has 0 saturated carbocycles. The minimum absolute atomic E-state index is 0. The van der Waals surface area contributed by atoms with E-state index in [4.69, 9.17) is 5.73 Å². The van der Waals surface area contributed by atoms with Crippen molar-refractivity contribution in [2.45, 2.75) is 16.1 Å². The van der Waals surface area contributed by atoms with Crippen molar-refractivity contribution in [1.82, 2.24) is 9.97 Å². The highest BCUT2D eigenvalue weighted by atomic mass is 35.5. The van der Waals surface area contributed by atoms with Crippen LogP contribution >= 0.6 is 12.4 Å². The van der Waals surface area contributed by atoms with E-state index >= 15 is 0 Å². The highest BCUT2D eigenvalue weighted by molar-refractivity contribution is 7.91. The molecule has 2 aromatic rings. The number of alkyl halides is 3. The first-order valence-corrected chi connectivity index (χ1v) is 6.69. The largest absolute Gasteiger partial charge is 0.433 e. The summed E-state index contributed by atoms with van der Waals surface area (Å²) in [6.07, 6.45) is -4.18. The average Bonchev–Trinajstić information content (AvgIpc) is 2.38. The van der Waals surface area contributed by atoms with Crippen LogP contribution in [0.4, 0.5) is 18.9 Å². The third-order valence-corrected chi connectivity index (χ3v) is 4.06. The lowest BCUT2D eigenvalue weighted by atomic mass is 10.3. The van der Waals surface area contributed by atoms with Gasteiger partial charge in [0.05, 0.1) is 4.90 Å². The second kappa shape index (κ2) is 5.86. The SMILES string of the molecule is Cl.Nc1ccc(S(=O)(=O)c2cc(C(F)(F)F)ncn2)cc1. The molecule has 0 spiro atoms. The summed E-state index contributed by atoms with van der Waals surface area (Å²) in [6.45, 7) is 0. The number of anilines is 1. The molecule has 0 radical (unpaired) electrons. The molecule has 21 heavy (non-hydrogen) atoms. The Morgan fingerprint density at radius 2 is 1.62 bits per heavy atom. The minimum Gasteiger partial charge on any atom is -0.399 e. The van der Waals surface area contributed by atoms with Crippen LogP contribution in [-0.4, -0.2) is 18.4 Å². The fraction of sp³-hybridized carbons (Fsp3) is 0.0909. The van der Waals surface area contributed by atoms with E-state index in [1.54, 1.807) is 0 Å². The molecule has 2 N–H and O–H groups in total. The van der Waals surface area contributed by atoms with Gasteiger partial charge < -0.3 is 5.73 Å². The van der Waals surface area contributed by atoms with Crippen molar-refractivity contribution in [3.8, 4) is 0 Å². The van der Waals surface area contributed by atoms with Crippen molar-refractivity contribution >= 4 is 27.9 Å². The summed E-state index contributed by atoms with van der Waals surface area (Å²) in [5.74, 6) is 0. The third kappa shape index (κ3) is 3.61. The Morgan fingerprint density at radius 3 is 2.14 bits per heavy atom. The van der Waals surface area contributed by atoms with Crippen molar-refractivity contribution in [3.63, 3.8) is 0 Å². The lowest BCUT2D eigenvalue weighted by Gasteiger charge is -2.08. The molecule has 0 fully saturated rings. The number of aromatic nitrogens is 2. The fourth-order valence-electron chi connectivity index (χ4n) is 1.41. The van der Waals surface area contributed by atoms with E-state index in [0.717, 1.165) is 0 Å². The average molecular weight is 340 g/mol. The summed E-state index contributed by atoms with van der Waals surface area (Å²) in [4.78, 5) is 6.21. The summed E-state index contributed by atoms with van der Waals surface area (Å²) in [5.41, 5.74) is 4.44. The monoisotopic (exact) mass is 339 g/mol. The van der Waals surface area contributed by atoms with E-state index in [1.807, 2.05) is 0 Å². The first kappa shape index (κ1) is 17.2. The molecule has 0 aliphatic heterocycles. The van der Waals surface area contributed by atoms with Crippen molar-refractivity contribution in [1.29, 1.82) is 0 Å². The molecule has 0 unspecified atom stereocenters. The maximum Gasteiger partial charge on any atom is 0.433 e. The number of rotatable bonds is 2. The Morgan fingerprint density at radius 1 is 1.05 bits per heavy atom. The molecule has 0 atom stereocenters. The number of sulfone groups is 1. The number of halogens is 4. The second-order valence-corrected chi connectivity index (χ2v) is 5.71. The molecule has 0 aliphatic rings. The summed E-state index contributed by atoms with van der Waals surface area (Å²) >= 11 is 0. The zero-order valence-electron chi connectivity index (χ0n) is 10.2. The van der Waals surface area contributed by atoms with E-state index in [1.165, 1.54) is 24.3 Å². The zero-order chi connectivity index (χ0) is 15.0. The number of nitrogens with two attached hydrogens (primary N) is 1. The lowest BCUT2D eigenvalue weighted by Crippen LogP contribution is -2.12. The fourth-order valence-corrected chi connectivity index (χ4v) is 2.60. The normalized spacial score (nSPS) is 11.8. The molecule has 0 saturated heterocycles. The van der Waals surface area contributed by atoms with Gasteiger partial charge in [0.1, 0.15) is 12.0 Å². The molecule has 0 bridgehead atoms. The molecule has 0 aliphatic carbocycles. The van der Waals surface area contributed by atoms with E-state index in [-0.39, 0.29) is 17.3 Å². The second-order valence-electron chi connectivity index (χ2n) is 3.81. The van der Waals surface area contributed by atoms with Gasteiger partial charge in [-0.25, -0.2) is 18.4 Å². The van der Waals surface area contributed by atoms with E-state index < -0.39 is 26.7 Å². The van der Waals surface area contributed by atoms with Crippen LogP contribution in [0.3, 0.4) is 0 Å². The Kier molecular flexibility index (Phi) is 4.79. The van der Waals surface area contributed by atoms with Gasteiger partial charge in [-0.3, -0.25) is 0 Å². The van der Waals surface area contributed by atoms with Gasteiger partial charge in [-0.1, -0.05) is 0 Å². The van der Waals surface area contributed by atoms with Crippen LogP contribution in [-0.2, 0) is 16.0 Å². The number of hydrogen-bond acceptors (Lipinski definition) is 5. The maximum absolute atomic E-state index is 12.5. The lowest BCUT2D eigenvalue weighted by molar-refractivity contribution is -0.141. The molecule has 0 amide bonds. The van der Waals surface area contributed by atoms with Gasteiger partial charge in [0.2, 0.25) is 9.84 Å². The Labute approximate surface area is 124 Å². The van der Waals surface area contributed by atoms with E-state index in [9.17, 15) is 21.6 Å². The van der Waals surface area contributed by atoms with Gasteiger partial charge >= 0.3 is 6.18 Å². The van der Waals surface area contributed by atoms with Crippen LogP contribution in [0.15, 0.2) is 46.6 Å². The minimum atomic E-state index is -4.74. The molecule has 10 heteroatoms. The van der Waals surface area contributed by atoms with Crippen LogP contribution in [0, 0.1) is 0 Å². The van der Waals surface area contributed by atoms with E-state index in [0.29, 0.717) is 18.1 Å². The van der Waals surface area contributed by atoms with Crippen LogP contribution in [0.2, 0.25) is 0 Å². The quantitative estimate of drug-likeness (QED) is 0.670. The standard InChI is InChI=1S/C11H8F3N3O2S.ClH/c12-11(13,14)9-5-10(17-6-16-9)20(18,19)8-3-1-7(15)2-4-8;/h1-6H,15H2;1H. The van der Waals surface area contributed by atoms with E-state index in [2.05, 4.69) is 9.97 Å². The van der Waals surface area contributed by atoms with Gasteiger partial charge in [0.15, 0.2) is 5.03 Å². The Balaban J connectivity index is 0.00000220. The summed E-state index contributed by atoms with van der Waals surface area (Å²) in [6, 6.07) is 5.45. The topological polar surface area (TPSA) is 85.9 Å². The highest BCUT2D eigenvalue weighted by Gasteiger charge is 2.34. The first-order valence-electron chi connectivity index (χ1n) is 5.21. The molecule has 1 aromatic heterocycles. The molecular formula is C11H9ClF3N3O2S. The van der Waals surface area contributed by atoms with Crippen LogP contribution in [0.25, 0.3) is 0 Å². The predicted molar refractivity (Wildman–Crippen MR) is 70.6 cm³/mol. The summed E-state index contributed by atoms with van der Waals surface area (Å²) < 4.78 is 61.8. The van der Waals surface area contributed by atoms with Gasteiger partial charge in [-0.05, 0) is 24.3 Å². The van der Waals surface area contributed by atoms with Gasteiger partial charge in [-0.15, -0.1) is 12.4 Å². The predicted octanol–water partition coefficient (Wildman–Crippen LogP) is 2.33. The van der Waals surface area contributed by atoms with Gasteiger partial charge in [0.25, 0.3) is 0 Å². The summed E-state index contributed by atoms with van der Waals surface area (Å²) in [5, 5.41) is -0.718. The number of benzene rings is 1. The van der Waals surface area contributed by atoms with Crippen molar-refractivity contribution in [2.24, 2.45) is 0 Å². The van der Waals surface area contributed by atoms with Crippen LogP contribution < -0.4 is 5.73 Å². The number of nitrogens with zero attached hydrogens (tertiary/aromatic N) is 2. The smallest absolute Gasteiger partial charge is 0.399 e. The van der Waals surface area contributed by atoms with Gasteiger partial charge in [0, 0.05) is 11.8 Å². The number of hydrogen-bond donors (Lipinski definition) is 1. The maximum atomic E-state index is 12.5. The first-order chi connectivity index (χ1) is 9.21. The zero-order valence-corrected chi connectivity index (χ0v) is 11.8. The molecule has 1 aromatic carbocycles. The van der Waals surface area contributed by atoms with Crippen molar-refractivity contribution in [3.05, 3.63) is 42.4 Å². The Bertz CT molecular complexity index is 733. The van der Waals surface area contributed by atoms with Crippen LogP contribution in [0.5, 0.6) is 0 Å². The van der Waals surface area contributed by atoms with Gasteiger partial charge in [-0.2, -0.15) is 13.2 Å². The Hall–Kier alpha value is -1.87. The van der Waals surface area contributed by atoms with Crippen molar-refractivity contribution < 1.29 is 21.6 Å². The summed E-state index contributed by atoms with van der Waals surface area (Å²) in [7, 11) is -4.15. The van der Waals surface area contributed by atoms with Crippen molar-refractivity contribution in [2.75, 3.05) is 5.73 Å².